The van der Waals surface area contributed by atoms with Gasteiger partial charge in [0.1, 0.15) is 35.4 Å². The Morgan fingerprint density at radius 1 is 0.931 bits per heavy atom. The second-order valence-electron chi connectivity index (χ2n) is 6.72. The maximum absolute atomic E-state index is 11.8. The highest BCUT2D eigenvalue weighted by molar-refractivity contribution is 5.74. The van der Waals surface area contributed by atoms with E-state index in [1.54, 1.807) is 6.92 Å². The zero-order valence-electron chi connectivity index (χ0n) is 15.8. The third kappa shape index (κ3) is 4.02. The summed E-state index contributed by atoms with van der Waals surface area (Å²) in [7, 11) is 0. The van der Waals surface area contributed by atoms with E-state index >= 15 is 0 Å². The first-order valence-electron chi connectivity index (χ1n) is 9.35. The van der Waals surface area contributed by atoms with E-state index in [1.165, 1.54) is 0 Å². The Bertz CT molecular complexity index is 1000. The summed E-state index contributed by atoms with van der Waals surface area (Å²) in [6, 6.07) is 0. The molecule has 29 heavy (non-hydrogen) atoms. The molecule has 2 aromatic rings. The summed E-state index contributed by atoms with van der Waals surface area (Å²) in [4.78, 5) is 46.4. The molecule has 1 aliphatic rings. The zero-order valence-corrected chi connectivity index (χ0v) is 15.8. The minimum atomic E-state index is -1.06. The van der Waals surface area contributed by atoms with Crippen molar-refractivity contribution in [2.45, 2.75) is 31.7 Å². The van der Waals surface area contributed by atoms with E-state index in [1.807, 2.05) is 0 Å². The Hall–Kier alpha value is -2.76. The molecule has 3 atom stereocenters. The van der Waals surface area contributed by atoms with Crippen LogP contribution in [-0.2, 0) is 4.74 Å². The maximum atomic E-state index is 11.8. The van der Waals surface area contributed by atoms with Crippen LogP contribution in [0, 0.1) is 0 Å². The Labute approximate surface area is 164 Å². The number of ether oxygens (including phenoxy) is 2. The second kappa shape index (κ2) is 8.72. The molecule has 0 aromatic heterocycles. The van der Waals surface area contributed by atoms with Gasteiger partial charge in [-0.1, -0.05) is 0 Å². The van der Waals surface area contributed by atoms with E-state index in [0.717, 1.165) is 0 Å². The minimum absolute atomic E-state index is 0.00703. The molecule has 3 rings (SSSR count). The van der Waals surface area contributed by atoms with Crippen molar-refractivity contribution in [2.24, 2.45) is 0 Å². The van der Waals surface area contributed by atoms with Crippen LogP contribution in [0.2, 0.25) is 0 Å². The molecule has 0 spiro atoms. The van der Waals surface area contributed by atoms with Crippen LogP contribution in [0.5, 0.6) is 5.75 Å². The quantitative estimate of drug-likeness (QED) is 0.201. The standard InChI is InChI=1S/C18H23N3O8/c1-2-28-18-12(16(26)17(18)27)20-5-3-4-19-10-11(15(25)14(10)24)21-6-9-13(23)8(22)7-29-9/h8-9,13,19-23H,2-7H2,1H3/t8-,9+,13-/m0/s1. The highest BCUT2D eigenvalue weighted by atomic mass is 16.5. The normalized spacial score (nSPS) is 21.6. The van der Waals surface area contributed by atoms with Crippen LogP contribution in [0.4, 0.5) is 17.1 Å². The molecule has 0 bridgehead atoms. The van der Waals surface area contributed by atoms with Crippen molar-refractivity contribution in [1.29, 1.82) is 0 Å². The number of aliphatic hydroxyl groups excluding tert-OH is 2. The Morgan fingerprint density at radius 2 is 1.52 bits per heavy atom. The molecule has 1 saturated heterocycles. The summed E-state index contributed by atoms with van der Waals surface area (Å²) >= 11 is 0. The maximum Gasteiger partial charge on any atom is 0.272 e. The van der Waals surface area contributed by atoms with E-state index in [0.29, 0.717) is 19.5 Å². The molecule has 0 radical (unpaired) electrons. The molecule has 1 fully saturated rings. The Morgan fingerprint density at radius 3 is 2.10 bits per heavy atom. The molecule has 2 aromatic carbocycles. The largest absolute Gasteiger partial charge is 0.488 e. The second-order valence-corrected chi connectivity index (χ2v) is 6.72. The fourth-order valence-corrected chi connectivity index (χ4v) is 3.11. The monoisotopic (exact) mass is 409 g/mol. The lowest BCUT2D eigenvalue weighted by Crippen LogP contribution is -2.41. The van der Waals surface area contributed by atoms with E-state index in [2.05, 4.69) is 16.0 Å². The highest BCUT2D eigenvalue weighted by Crippen LogP contribution is 2.19. The van der Waals surface area contributed by atoms with E-state index in [9.17, 15) is 29.4 Å². The van der Waals surface area contributed by atoms with Gasteiger partial charge in [0.25, 0.3) is 21.7 Å². The number of rotatable bonds is 11. The number of hydrogen-bond acceptors (Lipinski definition) is 11. The SMILES string of the molecule is CCOc1c(NCCCNc2c(NC[C@H]3OC[C@H](O)[C@@H]3O)c(=O)c2=O)c(=O)c1=O. The van der Waals surface area contributed by atoms with Gasteiger partial charge in [0.05, 0.1) is 13.2 Å². The molecule has 11 heteroatoms. The van der Waals surface area contributed by atoms with Crippen molar-refractivity contribution in [3.8, 4) is 5.75 Å². The highest BCUT2D eigenvalue weighted by Gasteiger charge is 2.35. The fourth-order valence-electron chi connectivity index (χ4n) is 3.11. The topological polar surface area (TPSA) is 163 Å². The van der Waals surface area contributed by atoms with Crippen molar-refractivity contribution >= 4 is 17.1 Å². The predicted octanol–water partition coefficient (Wildman–Crippen LogP) is -2.28. The number of nitrogens with one attached hydrogen (secondary N) is 3. The molecule has 0 saturated carbocycles. The molecule has 0 aliphatic carbocycles. The van der Waals surface area contributed by atoms with Gasteiger partial charge in [-0.25, -0.2) is 0 Å². The van der Waals surface area contributed by atoms with Gasteiger partial charge in [0.15, 0.2) is 5.75 Å². The van der Waals surface area contributed by atoms with Crippen LogP contribution < -0.4 is 42.4 Å². The van der Waals surface area contributed by atoms with Gasteiger partial charge in [0, 0.05) is 19.6 Å². The van der Waals surface area contributed by atoms with Crippen molar-refractivity contribution in [3.63, 3.8) is 0 Å². The first-order chi connectivity index (χ1) is 13.9. The van der Waals surface area contributed by atoms with Crippen molar-refractivity contribution < 1.29 is 19.7 Å². The lowest BCUT2D eigenvalue weighted by molar-refractivity contribution is 0.0293. The van der Waals surface area contributed by atoms with Crippen LogP contribution in [0.15, 0.2) is 19.2 Å². The van der Waals surface area contributed by atoms with Crippen LogP contribution in [0.25, 0.3) is 0 Å². The summed E-state index contributed by atoms with van der Waals surface area (Å²) in [5.41, 5.74) is -2.15. The van der Waals surface area contributed by atoms with Crippen LogP contribution >= 0.6 is 0 Å². The van der Waals surface area contributed by atoms with E-state index in [-0.39, 0.29) is 42.6 Å². The molecular weight excluding hydrogens is 386 g/mol. The predicted molar refractivity (Wildman–Crippen MR) is 106 cm³/mol. The Balaban J connectivity index is 1.45. The van der Waals surface area contributed by atoms with Gasteiger partial charge in [-0.3, -0.25) is 19.2 Å². The molecule has 0 amide bonds. The van der Waals surface area contributed by atoms with Crippen LogP contribution in [-0.4, -0.2) is 61.4 Å². The smallest absolute Gasteiger partial charge is 0.272 e. The lowest BCUT2D eigenvalue weighted by Gasteiger charge is -2.19. The van der Waals surface area contributed by atoms with Crippen molar-refractivity contribution in [2.75, 3.05) is 48.8 Å². The van der Waals surface area contributed by atoms with Gasteiger partial charge < -0.3 is 35.6 Å². The van der Waals surface area contributed by atoms with Crippen LogP contribution in [0.3, 0.4) is 0 Å². The summed E-state index contributed by atoms with van der Waals surface area (Å²) in [6.07, 6.45) is -2.22. The molecule has 158 valence electrons. The van der Waals surface area contributed by atoms with Crippen molar-refractivity contribution in [3.05, 3.63) is 40.9 Å². The average Bonchev–Trinajstić information content (AvgIpc) is 3.04. The number of anilines is 3. The first-order valence-corrected chi connectivity index (χ1v) is 9.35. The van der Waals surface area contributed by atoms with E-state index in [4.69, 9.17) is 9.47 Å². The molecule has 5 N–H and O–H groups in total. The molecular formula is C18H23N3O8. The van der Waals surface area contributed by atoms with Gasteiger partial charge in [0.2, 0.25) is 0 Å². The number of aliphatic hydroxyl groups is 2. The van der Waals surface area contributed by atoms with Gasteiger partial charge in [-0.15, -0.1) is 0 Å². The average molecular weight is 409 g/mol. The molecule has 0 unspecified atom stereocenters. The Kier molecular flexibility index (Phi) is 6.30. The first kappa shape index (κ1) is 21.0. The number of hydrogen-bond donors (Lipinski definition) is 5. The van der Waals surface area contributed by atoms with Crippen molar-refractivity contribution in [1.82, 2.24) is 0 Å². The summed E-state index contributed by atoms with van der Waals surface area (Å²) in [5.74, 6) is 0.0425. The third-order valence-corrected chi connectivity index (χ3v) is 4.76. The molecule has 11 nitrogen and oxygen atoms in total. The lowest BCUT2D eigenvalue weighted by atomic mass is 10.1. The zero-order chi connectivity index (χ0) is 21.1. The van der Waals surface area contributed by atoms with Gasteiger partial charge >= 0.3 is 0 Å². The summed E-state index contributed by atoms with van der Waals surface area (Å²) < 4.78 is 10.3. The minimum Gasteiger partial charge on any atom is -0.488 e. The summed E-state index contributed by atoms with van der Waals surface area (Å²) in [6.45, 7) is 2.77. The van der Waals surface area contributed by atoms with Crippen LogP contribution in [0.1, 0.15) is 13.3 Å². The molecule has 1 aliphatic heterocycles. The molecule has 1 heterocycles. The van der Waals surface area contributed by atoms with Gasteiger partial charge in [-0.2, -0.15) is 0 Å². The van der Waals surface area contributed by atoms with Gasteiger partial charge in [-0.05, 0) is 13.3 Å². The fraction of sp³-hybridized carbons (Fsp3) is 0.556. The summed E-state index contributed by atoms with van der Waals surface area (Å²) in [5, 5.41) is 27.7. The third-order valence-electron chi connectivity index (χ3n) is 4.76. The van der Waals surface area contributed by atoms with E-state index < -0.39 is 40.0 Å².